The van der Waals surface area contributed by atoms with Crippen LogP contribution >= 0.6 is 11.8 Å². The van der Waals surface area contributed by atoms with E-state index in [4.69, 9.17) is 10.8 Å². The fourth-order valence-electron chi connectivity index (χ4n) is 0.923. The van der Waals surface area contributed by atoms with Gasteiger partial charge in [-0.25, -0.2) is 9.89 Å². The number of carbonyl (C=O) groups is 1. The standard InChI is InChI=1S/C8H14N4O3S/c1-8(9,5(13)14)3-4-16-7-11-10-6(15)12(7)2/h3-4,9H2,1-2H3,(H,10,15)(H,13,14). The summed E-state index contributed by atoms with van der Waals surface area (Å²) in [5, 5.41) is 15.4. The summed E-state index contributed by atoms with van der Waals surface area (Å²) in [6, 6.07) is 0. The fourth-order valence-corrected chi connectivity index (χ4v) is 2.02. The van der Waals surface area contributed by atoms with Gasteiger partial charge in [-0.05, 0) is 13.3 Å². The van der Waals surface area contributed by atoms with E-state index >= 15 is 0 Å². The Labute approximate surface area is 96.0 Å². The molecule has 1 rings (SSSR count). The number of aliphatic carboxylic acids is 1. The molecule has 0 saturated heterocycles. The third-order valence-corrected chi connectivity index (χ3v) is 3.21. The molecule has 0 radical (unpaired) electrons. The number of carboxylic acid groups (broad SMARTS) is 1. The number of nitrogens with two attached hydrogens (primary N) is 1. The highest BCUT2D eigenvalue weighted by Crippen LogP contribution is 2.17. The fraction of sp³-hybridized carbons (Fsp3) is 0.625. The molecule has 0 aromatic carbocycles. The van der Waals surface area contributed by atoms with Crippen molar-refractivity contribution in [3.63, 3.8) is 0 Å². The molecule has 4 N–H and O–H groups in total. The van der Waals surface area contributed by atoms with Crippen LogP contribution in [0.4, 0.5) is 0 Å². The molecule has 1 heterocycles. The summed E-state index contributed by atoms with van der Waals surface area (Å²) < 4.78 is 1.36. The van der Waals surface area contributed by atoms with Crippen molar-refractivity contribution >= 4 is 17.7 Å². The van der Waals surface area contributed by atoms with Crippen LogP contribution in [0.3, 0.4) is 0 Å². The summed E-state index contributed by atoms with van der Waals surface area (Å²) in [5.41, 5.74) is 4.01. The van der Waals surface area contributed by atoms with Crippen molar-refractivity contribution in [2.45, 2.75) is 24.0 Å². The van der Waals surface area contributed by atoms with Gasteiger partial charge in [0.15, 0.2) is 5.16 Å². The average Bonchev–Trinajstić information content (AvgIpc) is 2.49. The zero-order valence-electron chi connectivity index (χ0n) is 9.06. The summed E-state index contributed by atoms with van der Waals surface area (Å²) in [5.74, 6) is -0.554. The first-order chi connectivity index (χ1) is 7.34. The number of aromatic nitrogens is 3. The van der Waals surface area contributed by atoms with Gasteiger partial charge in [0, 0.05) is 12.8 Å². The van der Waals surface area contributed by atoms with Crippen LogP contribution in [-0.2, 0) is 11.8 Å². The predicted molar refractivity (Wildman–Crippen MR) is 59.4 cm³/mol. The largest absolute Gasteiger partial charge is 0.480 e. The highest BCUT2D eigenvalue weighted by Gasteiger charge is 2.27. The zero-order valence-corrected chi connectivity index (χ0v) is 9.87. The Hall–Kier alpha value is -1.28. The molecule has 0 spiro atoms. The smallest absolute Gasteiger partial charge is 0.343 e. The minimum atomic E-state index is -1.25. The Kier molecular flexibility index (Phi) is 3.76. The number of hydrogen-bond acceptors (Lipinski definition) is 5. The number of nitrogens with zero attached hydrogens (tertiary/aromatic N) is 2. The summed E-state index contributed by atoms with van der Waals surface area (Å²) in [4.78, 5) is 21.7. The Morgan fingerprint density at radius 2 is 2.38 bits per heavy atom. The molecule has 90 valence electrons. The summed E-state index contributed by atoms with van der Waals surface area (Å²) in [6.07, 6.45) is 0.300. The van der Waals surface area contributed by atoms with Crippen molar-refractivity contribution in [2.75, 3.05) is 5.75 Å². The molecule has 0 saturated carbocycles. The van der Waals surface area contributed by atoms with Crippen molar-refractivity contribution in [1.82, 2.24) is 14.8 Å². The van der Waals surface area contributed by atoms with Crippen LogP contribution in [0.2, 0.25) is 0 Å². The molecule has 0 aliphatic heterocycles. The van der Waals surface area contributed by atoms with Gasteiger partial charge in [0.2, 0.25) is 0 Å². The molecular weight excluding hydrogens is 232 g/mol. The molecule has 0 fully saturated rings. The molecule has 0 aliphatic rings. The zero-order chi connectivity index (χ0) is 12.3. The third kappa shape index (κ3) is 2.86. The topological polar surface area (TPSA) is 114 Å². The second-order valence-corrected chi connectivity index (χ2v) is 4.75. The lowest BCUT2D eigenvalue weighted by Crippen LogP contribution is -2.45. The molecule has 1 unspecified atom stereocenters. The Bertz CT molecular complexity index is 437. The van der Waals surface area contributed by atoms with Gasteiger partial charge in [-0.1, -0.05) is 11.8 Å². The number of hydrogen-bond donors (Lipinski definition) is 3. The second kappa shape index (κ2) is 4.71. The van der Waals surface area contributed by atoms with E-state index in [9.17, 15) is 9.59 Å². The lowest BCUT2D eigenvalue weighted by atomic mass is 10.0. The van der Waals surface area contributed by atoms with Crippen molar-refractivity contribution in [1.29, 1.82) is 0 Å². The van der Waals surface area contributed by atoms with Crippen LogP contribution in [0, 0.1) is 0 Å². The molecule has 0 aliphatic carbocycles. The Morgan fingerprint density at radius 3 is 2.81 bits per heavy atom. The number of carboxylic acids is 1. The molecule has 7 nitrogen and oxygen atoms in total. The molecule has 8 heteroatoms. The Balaban J connectivity index is 2.51. The highest BCUT2D eigenvalue weighted by molar-refractivity contribution is 7.99. The maximum Gasteiger partial charge on any atom is 0.343 e. The first-order valence-corrected chi connectivity index (χ1v) is 5.59. The van der Waals surface area contributed by atoms with Crippen LogP contribution in [0.5, 0.6) is 0 Å². The lowest BCUT2D eigenvalue weighted by Gasteiger charge is -2.17. The summed E-state index contributed by atoms with van der Waals surface area (Å²) in [7, 11) is 1.59. The minimum absolute atomic E-state index is 0.295. The molecule has 1 aromatic heterocycles. The van der Waals surface area contributed by atoms with E-state index in [-0.39, 0.29) is 5.69 Å². The normalized spacial score (nSPS) is 14.7. The monoisotopic (exact) mass is 246 g/mol. The van der Waals surface area contributed by atoms with Crippen LogP contribution < -0.4 is 11.4 Å². The highest BCUT2D eigenvalue weighted by atomic mass is 32.2. The van der Waals surface area contributed by atoms with Gasteiger partial charge in [0.05, 0.1) is 0 Å². The summed E-state index contributed by atoms with van der Waals surface area (Å²) >= 11 is 1.29. The number of nitrogens with one attached hydrogen (secondary N) is 1. The summed E-state index contributed by atoms with van der Waals surface area (Å²) in [6.45, 7) is 1.46. The Morgan fingerprint density at radius 1 is 1.75 bits per heavy atom. The molecule has 0 amide bonds. The van der Waals surface area contributed by atoms with Crippen molar-refractivity contribution in [3.8, 4) is 0 Å². The first-order valence-electron chi connectivity index (χ1n) is 4.61. The van der Waals surface area contributed by atoms with Gasteiger partial charge in [-0.15, -0.1) is 5.10 Å². The molecule has 0 bridgehead atoms. The van der Waals surface area contributed by atoms with Crippen LogP contribution in [0.25, 0.3) is 0 Å². The molecular formula is C8H14N4O3S. The number of rotatable bonds is 5. The maximum atomic E-state index is 11.0. The average molecular weight is 246 g/mol. The van der Waals surface area contributed by atoms with Gasteiger partial charge >= 0.3 is 11.7 Å². The van der Waals surface area contributed by atoms with Gasteiger partial charge in [0.1, 0.15) is 5.54 Å². The van der Waals surface area contributed by atoms with E-state index in [1.165, 1.54) is 23.3 Å². The first kappa shape index (κ1) is 12.8. The van der Waals surface area contributed by atoms with Gasteiger partial charge in [0.25, 0.3) is 0 Å². The number of thioether (sulfide) groups is 1. The van der Waals surface area contributed by atoms with E-state index in [0.717, 1.165) is 0 Å². The van der Waals surface area contributed by atoms with E-state index in [1.54, 1.807) is 7.05 Å². The van der Waals surface area contributed by atoms with Gasteiger partial charge in [-0.2, -0.15) is 0 Å². The van der Waals surface area contributed by atoms with Crippen molar-refractivity contribution < 1.29 is 9.90 Å². The van der Waals surface area contributed by atoms with Crippen molar-refractivity contribution in [3.05, 3.63) is 10.5 Å². The molecule has 16 heavy (non-hydrogen) atoms. The van der Waals surface area contributed by atoms with E-state index < -0.39 is 11.5 Å². The van der Waals surface area contributed by atoms with E-state index in [0.29, 0.717) is 17.3 Å². The second-order valence-electron chi connectivity index (χ2n) is 3.69. The van der Waals surface area contributed by atoms with Crippen molar-refractivity contribution in [2.24, 2.45) is 12.8 Å². The molecule has 1 atom stereocenters. The van der Waals surface area contributed by atoms with E-state index in [1.807, 2.05) is 0 Å². The minimum Gasteiger partial charge on any atom is -0.480 e. The van der Waals surface area contributed by atoms with Crippen LogP contribution in [0.1, 0.15) is 13.3 Å². The lowest BCUT2D eigenvalue weighted by molar-refractivity contribution is -0.142. The van der Waals surface area contributed by atoms with E-state index in [2.05, 4.69) is 10.2 Å². The van der Waals surface area contributed by atoms with Crippen LogP contribution in [-0.4, -0.2) is 37.1 Å². The van der Waals surface area contributed by atoms with Gasteiger partial charge in [-0.3, -0.25) is 9.36 Å². The SMILES string of the molecule is Cn1c(SCCC(C)(N)C(=O)O)n[nH]c1=O. The quantitative estimate of drug-likeness (QED) is 0.597. The predicted octanol–water partition coefficient (Wildman–Crippen LogP) is -0.607. The number of H-pyrrole nitrogens is 1. The number of aromatic amines is 1. The molecule has 1 aromatic rings. The maximum absolute atomic E-state index is 11.0. The van der Waals surface area contributed by atoms with Crippen LogP contribution in [0.15, 0.2) is 9.95 Å². The van der Waals surface area contributed by atoms with Gasteiger partial charge < -0.3 is 10.8 Å². The third-order valence-electron chi connectivity index (χ3n) is 2.18.